The van der Waals surface area contributed by atoms with Crippen LogP contribution in [0.4, 0.5) is 0 Å². The van der Waals surface area contributed by atoms with E-state index in [9.17, 15) is 13.6 Å². The number of rotatable bonds is 4. The van der Waals surface area contributed by atoms with Gasteiger partial charge >= 0.3 is 0 Å². The van der Waals surface area contributed by atoms with E-state index in [1.54, 1.807) is 27.7 Å². The van der Waals surface area contributed by atoms with Crippen molar-refractivity contribution in [1.82, 2.24) is 9.71 Å². The average molecular weight is 274 g/mol. The summed E-state index contributed by atoms with van der Waals surface area (Å²) in [5, 5.41) is 9.40. The highest BCUT2D eigenvalue weighted by molar-refractivity contribution is 7.89. The molecule has 102 valence electrons. The Labute approximate surface area is 107 Å². The molecular formula is C11H20N3O3S+. The number of hydrogen-bond donors (Lipinski definition) is 3. The van der Waals surface area contributed by atoms with Crippen molar-refractivity contribution in [2.75, 3.05) is 6.54 Å². The third-order valence-electron chi connectivity index (χ3n) is 2.07. The van der Waals surface area contributed by atoms with E-state index >= 15 is 0 Å². The summed E-state index contributed by atoms with van der Waals surface area (Å²) in [5.41, 5.74) is -0.215. The minimum absolute atomic E-state index is 0.116. The van der Waals surface area contributed by atoms with Crippen molar-refractivity contribution in [3.63, 3.8) is 0 Å². The Hall–Kier alpha value is -1.34. The highest BCUT2D eigenvalue weighted by atomic mass is 32.2. The maximum atomic E-state index is 12.1. The molecule has 1 heterocycles. The Kier molecular flexibility index (Phi) is 4.18. The molecule has 0 aliphatic carbocycles. The zero-order valence-electron chi connectivity index (χ0n) is 11.1. The maximum absolute atomic E-state index is 12.1. The van der Waals surface area contributed by atoms with Gasteiger partial charge in [0.1, 0.15) is 10.6 Å². The molecule has 0 saturated carbocycles. The van der Waals surface area contributed by atoms with Crippen LogP contribution < -0.4 is 4.72 Å². The Bertz CT molecular complexity index is 538. The molecule has 3 N–H and O–H groups in total. The fourth-order valence-electron chi connectivity index (χ4n) is 1.40. The third kappa shape index (κ3) is 3.85. The largest absolute Gasteiger partial charge is 0.356 e. The van der Waals surface area contributed by atoms with Crippen molar-refractivity contribution in [2.24, 2.45) is 0 Å². The lowest BCUT2D eigenvalue weighted by atomic mass is 10.1. The fraction of sp³-hybridized carbons (Fsp3) is 0.545. The van der Waals surface area contributed by atoms with Crippen LogP contribution in [-0.2, 0) is 10.0 Å². The van der Waals surface area contributed by atoms with E-state index < -0.39 is 15.6 Å². The summed E-state index contributed by atoms with van der Waals surface area (Å²) in [6, 6.07) is 1.46. The number of H-pyrrole nitrogens is 1. The van der Waals surface area contributed by atoms with E-state index in [-0.39, 0.29) is 4.90 Å². The summed E-state index contributed by atoms with van der Waals surface area (Å²) in [6.07, 6.45) is 2.86. The molecular weight excluding hydrogens is 254 g/mol. The number of nitrogens with one attached hydrogen (secondary N) is 2. The van der Waals surface area contributed by atoms with Crippen LogP contribution in [0.25, 0.3) is 0 Å². The van der Waals surface area contributed by atoms with Crippen LogP contribution in [0.3, 0.4) is 0 Å². The summed E-state index contributed by atoms with van der Waals surface area (Å²) in [6.45, 7) is 7.42. The van der Waals surface area contributed by atoms with Crippen molar-refractivity contribution in [3.05, 3.63) is 18.0 Å². The molecule has 6 nitrogen and oxygen atoms in total. The van der Waals surface area contributed by atoms with Gasteiger partial charge in [-0.2, -0.15) is 0 Å². The molecule has 0 fully saturated rings. The standard InChI is InChI=1S/C11H19N3O3S/c1-5-14(15)8-9-10(6-7-12-9)18(16,17)13-11(2,3)4/h6-8,13,15H,5H2,1-4H3/p+1. The number of hydroxylamine groups is 1. The number of aromatic nitrogens is 1. The quantitative estimate of drug-likeness (QED) is 0.330. The molecule has 0 saturated heterocycles. The van der Waals surface area contributed by atoms with Gasteiger partial charge in [0, 0.05) is 11.7 Å². The average Bonchev–Trinajstić information content (AvgIpc) is 2.62. The van der Waals surface area contributed by atoms with Crippen LogP contribution in [0.1, 0.15) is 33.4 Å². The summed E-state index contributed by atoms with van der Waals surface area (Å²) in [7, 11) is -3.61. The van der Waals surface area contributed by atoms with Gasteiger partial charge in [-0.1, -0.05) is 0 Å². The van der Waals surface area contributed by atoms with Crippen LogP contribution in [0.2, 0.25) is 0 Å². The van der Waals surface area contributed by atoms with Crippen LogP contribution in [0, 0.1) is 0 Å². The van der Waals surface area contributed by atoms with Crippen LogP contribution in [0.15, 0.2) is 17.2 Å². The number of sulfonamides is 1. The minimum Gasteiger partial charge on any atom is -0.356 e. The predicted molar refractivity (Wildman–Crippen MR) is 68.6 cm³/mol. The molecule has 1 aromatic rings. The first-order chi connectivity index (χ1) is 8.15. The molecule has 0 atom stereocenters. The first kappa shape index (κ1) is 14.7. The third-order valence-corrected chi connectivity index (χ3v) is 3.89. The van der Waals surface area contributed by atoms with E-state index in [1.807, 2.05) is 0 Å². The second kappa shape index (κ2) is 5.11. The molecule has 0 aromatic carbocycles. The van der Waals surface area contributed by atoms with E-state index in [4.69, 9.17) is 0 Å². The highest BCUT2D eigenvalue weighted by Gasteiger charge is 2.25. The van der Waals surface area contributed by atoms with Crippen molar-refractivity contribution in [1.29, 1.82) is 0 Å². The van der Waals surface area contributed by atoms with Gasteiger partial charge in [0.05, 0.1) is 0 Å². The maximum Gasteiger partial charge on any atom is 0.243 e. The minimum atomic E-state index is -3.61. The molecule has 0 aliphatic heterocycles. The topological polar surface area (TPSA) is 85.2 Å². The lowest BCUT2D eigenvalue weighted by Crippen LogP contribution is -2.40. The molecule has 7 heteroatoms. The zero-order valence-corrected chi connectivity index (χ0v) is 11.9. The van der Waals surface area contributed by atoms with Crippen molar-refractivity contribution < 1.29 is 18.4 Å². The summed E-state index contributed by atoms with van der Waals surface area (Å²) >= 11 is 0. The SMILES string of the molecule is CC[N+](O)=Cc1[nH]ccc1S(=O)(=O)NC(C)(C)C. The molecule has 0 spiro atoms. The Morgan fingerprint density at radius 1 is 1.50 bits per heavy atom. The Morgan fingerprint density at radius 3 is 2.61 bits per heavy atom. The van der Waals surface area contributed by atoms with Gasteiger partial charge in [0.15, 0.2) is 6.54 Å². The second-order valence-electron chi connectivity index (χ2n) is 5.00. The smallest absolute Gasteiger partial charge is 0.243 e. The van der Waals surface area contributed by atoms with Gasteiger partial charge in [0.25, 0.3) is 0 Å². The summed E-state index contributed by atoms with van der Waals surface area (Å²) in [5.74, 6) is 0. The molecule has 1 rings (SSSR count). The zero-order chi connectivity index (χ0) is 14.0. The normalized spacial score (nSPS) is 13.9. The first-order valence-corrected chi connectivity index (χ1v) is 7.16. The molecule has 0 unspecified atom stereocenters. The number of hydrogen-bond acceptors (Lipinski definition) is 3. The van der Waals surface area contributed by atoms with E-state index in [0.717, 1.165) is 4.74 Å². The van der Waals surface area contributed by atoms with Crippen molar-refractivity contribution >= 4 is 16.2 Å². The molecule has 0 bridgehead atoms. The van der Waals surface area contributed by atoms with E-state index in [2.05, 4.69) is 9.71 Å². The molecule has 0 amide bonds. The fourth-order valence-corrected chi connectivity index (χ4v) is 2.97. The molecule has 1 aromatic heterocycles. The van der Waals surface area contributed by atoms with Crippen molar-refractivity contribution in [2.45, 2.75) is 38.1 Å². The van der Waals surface area contributed by atoms with Gasteiger partial charge in [-0.25, -0.2) is 13.1 Å². The molecule has 18 heavy (non-hydrogen) atoms. The van der Waals surface area contributed by atoms with Gasteiger partial charge < -0.3 is 4.98 Å². The number of aromatic amines is 1. The Balaban J connectivity index is 3.16. The van der Waals surface area contributed by atoms with Gasteiger partial charge in [-0.05, 0) is 38.5 Å². The van der Waals surface area contributed by atoms with Crippen LogP contribution in [0.5, 0.6) is 0 Å². The van der Waals surface area contributed by atoms with E-state index in [0.29, 0.717) is 12.2 Å². The molecule has 0 aliphatic rings. The highest BCUT2D eigenvalue weighted by Crippen LogP contribution is 2.15. The van der Waals surface area contributed by atoms with Crippen LogP contribution >= 0.6 is 0 Å². The van der Waals surface area contributed by atoms with Gasteiger partial charge in [-0.15, -0.1) is 0 Å². The number of nitrogens with zero attached hydrogens (tertiary/aromatic N) is 1. The van der Waals surface area contributed by atoms with E-state index in [1.165, 1.54) is 18.5 Å². The lowest BCUT2D eigenvalue weighted by molar-refractivity contribution is -0.769. The van der Waals surface area contributed by atoms with Gasteiger partial charge in [-0.3, -0.25) is 5.21 Å². The predicted octanol–water partition coefficient (Wildman–Crippen LogP) is 0.932. The summed E-state index contributed by atoms with van der Waals surface area (Å²) < 4.78 is 27.8. The first-order valence-electron chi connectivity index (χ1n) is 5.67. The Morgan fingerprint density at radius 2 is 2.11 bits per heavy atom. The second-order valence-corrected chi connectivity index (χ2v) is 6.65. The summed E-state index contributed by atoms with van der Waals surface area (Å²) in [4.78, 5) is 2.90. The van der Waals surface area contributed by atoms with Crippen molar-refractivity contribution in [3.8, 4) is 0 Å². The van der Waals surface area contributed by atoms with Gasteiger partial charge in [0.2, 0.25) is 16.2 Å². The lowest BCUT2D eigenvalue weighted by Gasteiger charge is -2.19. The van der Waals surface area contributed by atoms with Crippen LogP contribution in [-0.4, -0.2) is 41.6 Å². The molecule has 0 radical (unpaired) electrons. The monoisotopic (exact) mass is 274 g/mol.